The van der Waals surface area contributed by atoms with Gasteiger partial charge in [0.1, 0.15) is 0 Å². The number of nitrogens with zero attached hydrogens (tertiary/aromatic N) is 4. The van der Waals surface area contributed by atoms with Crippen LogP contribution in [-0.4, -0.2) is 33.6 Å². The Bertz CT molecular complexity index is 905. The van der Waals surface area contributed by atoms with Crippen LogP contribution in [0.15, 0.2) is 48.5 Å². The molecular formula is C20H23N5O. The lowest BCUT2D eigenvalue weighted by Crippen LogP contribution is -2.43. The minimum absolute atomic E-state index is 0.0242. The number of amides is 1. The second kappa shape index (κ2) is 7.15. The molecule has 1 aliphatic rings. The molecule has 0 saturated carbocycles. The van der Waals surface area contributed by atoms with Gasteiger partial charge in [-0.2, -0.15) is 0 Å². The molecule has 3 heterocycles. The number of hydrogen-bond acceptors (Lipinski definition) is 4. The Balaban J connectivity index is 1.46. The number of piperidine rings is 1. The summed E-state index contributed by atoms with van der Waals surface area (Å²) in [5.74, 6) is 0.923. The van der Waals surface area contributed by atoms with Crippen molar-refractivity contribution in [3.63, 3.8) is 0 Å². The summed E-state index contributed by atoms with van der Waals surface area (Å²) in [6.07, 6.45) is 1.89. The van der Waals surface area contributed by atoms with Crippen molar-refractivity contribution < 1.29 is 4.79 Å². The van der Waals surface area contributed by atoms with Crippen molar-refractivity contribution in [2.24, 2.45) is 5.92 Å². The maximum absolute atomic E-state index is 12.6. The first-order chi connectivity index (χ1) is 12.7. The Hall–Kier alpha value is -2.89. The first kappa shape index (κ1) is 16.6. The SMILES string of the molecule is Cc1cccc2nnc(N3CCC[C@@H](C(=O)NCc4ccccc4)C3)n12. The topological polar surface area (TPSA) is 62.5 Å². The van der Waals surface area contributed by atoms with E-state index in [1.165, 1.54) is 0 Å². The van der Waals surface area contributed by atoms with Gasteiger partial charge in [0.2, 0.25) is 11.9 Å². The van der Waals surface area contributed by atoms with E-state index in [0.717, 1.165) is 42.2 Å². The fraction of sp³-hybridized carbons (Fsp3) is 0.350. The van der Waals surface area contributed by atoms with E-state index in [2.05, 4.69) is 24.8 Å². The monoisotopic (exact) mass is 349 g/mol. The molecule has 134 valence electrons. The number of rotatable bonds is 4. The number of nitrogens with one attached hydrogen (secondary N) is 1. The predicted molar refractivity (Wildman–Crippen MR) is 101 cm³/mol. The molecule has 0 radical (unpaired) electrons. The zero-order chi connectivity index (χ0) is 17.9. The maximum Gasteiger partial charge on any atom is 0.231 e. The lowest BCUT2D eigenvalue weighted by atomic mass is 9.97. The maximum atomic E-state index is 12.6. The van der Waals surface area contributed by atoms with Gasteiger partial charge in [-0.1, -0.05) is 36.4 Å². The van der Waals surface area contributed by atoms with Gasteiger partial charge in [0.05, 0.1) is 5.92 Å². The van der Waals surface area contributed by atoms with Crippen LogP contribution in [0.5, 0.6) is 0 Å². The molecule has 1 amide bonds. The van der Waals surface area contributed by atoms with Crippen molar-refractivity contribution >= 4 is 17.5 Å². The Morgan fingerprint density at radius 1 is 1.15 bits per heavy atom. The van der Waals surface area contributed by atoms with Crippen LogP contribution in [-0.2, 0) is 11.3 Å². The highest BCUT2D eigenvalue weighted by Crippen LogP contribution is 2.23. The van der Waals surface area contributed by atoms with Gasteiger partial charge in [-0.05, 0) is 37.5 Å². The lowest BCUT2D eigenvalue weighted by Gasteiger charge is -2.32. The highest BCUT2D eigenvalue weighted by Gasteiger charge is 2.28. The first-order valence-corrected chi connectivity index (χ1v) is 9.10. The van der Waals surface area contributed by atoms with E-state index in [1.807, 2.05) is 55.5 Å². The molecule has 2 aromatic heterocycles. The minimum atomic E-state index is -0.0242. The van der Waals surface area contributed by atoms with Crippen LogP contribution in [0.25, 0.3) is 5.65 Å². The molecule has 6 nitrogen and oxygen atoms in total. The molecule has 1 fully saturated rings. The summed E-state index contributed by atoms with van der Waals surface area (Å²) in [4.78, 5) is 14.8. The van der Waals surface area contributed by atoms with Gasteiger partial charge < -0.3 is 10.2 Å². The number of pyridine rings is 1. The van der Waals surface area contributed by atoms with Gasteiger partial charge in [-0.25, -0.2) is 0 Å². The summed E-state index contributed by atoms with van der Waals surface area (Å²) in [5.41, 5.74) is 3.06. The molecule has 3 aromatic rings. The number of carbonyl (C=O) groups excluding carboxylic acids is 1. The Morgan fingerprint density at radius 2 is 2.00 bits per heavy atom. The number of hydrogen-bond donors (Lipinski definition) is 1. The molecule has 1 atom stereocenters. The normalized spacial score (nSPS) is 17.4. The molecule has 0 bridgehead atoms. The lowest BCUT2D eigenvalue weighted by molar-refractivity contribution is -0.125. The van der Waals surface area contributed by atoms with Crippen molar-refractivity contribution in [2.75, 3.05) is 18.0 Å². The summed E-state index contributed by atoms with van der Waals surface area (Å²) in [6, 6.07) is 16.0. The van der Waals surface area contributed by atoms with Gasteiger partial charge in [-0.3, -0.25) is 9.20 Å². The molecule has 4 rings (SSSR count). The van der Waals surface area contributed by atoms with Crippen LogP contribution in [0.3, 0.4) is 0 Å². The zero-order valence-electron chi connectivity index (χ0n) is 14.9. The Morgan fingerprint density at radius 3 is 2.85 bits per heavy atom. The summed E-state index contributed by atoms with van der Waals surface area (Å²) < 4.78 is 2.06. The molecule has 0 spiro atoms. The molecule has 0 aliphatic carbocycles. The van der Waals surface area contributed by atoms with E-state index in [1.54, 1.807) is 0 Å². The molecular weight excluding hydrogens is 326 g/mol. The van der Waals surface area contributed by atoms with Crippen LogP contribution >= 0.6 is 0 Å². The fourth-order valence-corrected chi connectivity index (χ4v) is 3.59. The largest absolute Gasteiger partial charge is 0.352 e. The second-order valence-corrected chi connectivity index (χ2v) is 6.85. The van der Waals surface area contributed by atoms with Gasteiger partial charge in [0.15, 0.2) is 5.65 Å². The average Bonchev–Trinajstić information content (AvgIpc) is 3.13. The van der Waals surface area contributed by atoms with Crippen molar-refractivity contribution in [1.29, 1.82) is 0 Å². The van der Waals surface area contributed by atoms with E-state index >= 15 is 0 Å². The van der Waals surface area contributed by atoms with Crippen LogP contribution in [0.4, 0.5) is 5.95 Å². The van der Waals surface area contributed by atoms with Crippen molar-refractivity contribution in [3.8, 4) is 0 Å². The molecule has 1 N–H and O–H groups in total. The van der Waals surface area contributed by atoms with Crippen LogP contribution in [0, 0.1) is 12.8 Å². The molecule has 1 aromatic carbocycles. The van der Waals surface area contributed by atoms with Gasteiger partial charge >= 0.3 is 0 Å². The average molecular weight is 349 g/mol. The van der Waals surface area contributed by atoms with E-state index in [4.69, 9.17) is 0 Å². The minimum Gasteiger partial charge on any atom is -0.352 e. The number of anilines is 1. The van der Waals surface area contributed by atoms with Crippen molar-refractivity contribution in [1.82, 2.24) is 19.9 Å². The third-order valence-corrected chi connectivity index (χ3v) is 4.99. The van der Waals surface area contributed by atoms with E-state index in [-0.39, 0.29) is 11.8 Å². The number of benzene rings is 1. The van der Waals surface area contributed by atoms with Crippen molar-refractivity contribution in [3.05, 3.63) is 59.8 Å². The third kappa shape index (κ3) is 3.27. The van der Waals surface area contributed by atoms with E-state index < -0.39 is 0 Å². The summed E-state index contributed by atoms with van der Waals surface area (Å²) in [5, 5.41) is 11.7. The number of fused-ring (bicyclic) bond motifs is 1. The standard InChI is InChI=1S/C20H23N5O/c1-15-7-5-11-18-22-23-20(25(15)18)24-12-6-10-17(14-24)19(26)21-13-16-8-3-2-4-9-16/h2-5,7-9,11,17H,6,10,12-14H2,1H3,(H,21,26)/t17-/m1/s1. The Kier molecular flexibility index (Phi) is 4.56. The summed E-state index contributed by atoms with van der Waals surface area (Å²) in [6.45, 7) is 4.20. The summed E-state index contributed by atoms with van der Waals surface area (Å²) in [7, 11) is 0. The van der Waals surface area contributed by atoms with E-state index in [0.29, 0.717) is 13.1 Å². The number of carbonyl (C=O) groups is 1. The number of aryl methyl sites for hydroxylation is 1. The van der Waals surface area contributed by atoms with Gasteiger partial charge in [0, 0.05) is 25.3 Å². The first-order valence-electron chi connectivity index (χ1n) is 9.10. The van der Waals surface area contributed by atoms with Crippen LogP contribution in [0.1, 0.15) is 24.1 Å². The Labute approximate surface area is 152 Å². The quantitative estimate of drug-likeness (QED) is 0.786. The molecule has 1 aliphatic heterocycles. The number of aromatic nitrogens is 3. The zero-order valence-corrected chi connectivity index (χ0v) is 14.9. The molecule has 0 unspecified atom stereocenters. The molecule has 1 saturated heterocycles. The van der Waals surface area contributed by atoms with E-state index in [9.17, 15) is 4.79 Å². The predicted octanol–water partition coefficient (Wildman–Crippen LogP) is 2.57. The fourth-order valence-electron chi connectivity index (χ4n) is 3.59. The third-order valence-electron chi connectivity index (χ3n) is 4.99. The van der Waals surface area contributed by atoms with Gasteiger partial charge in [-0.15, -0.1) is 10.2 Å². The molecule has 6 heteroatoms. The highest BCUT2D eigenvalue weighted by atomic mass is 16.1. The molecule has 26 heavy (non-hydrogen) atoms. The summed E-state index contributed by atoms with van der Waals surface area (Å²) >= 11 is 0. The van der Waals surface area contributed by atoms with Crippen LogP contribution in [0.2, 0.25) is 0 Å². The second-order valence-electron chi connectivity index (χ2n) is 6.85. The smallest absolute Gasteiger partial charge is 0.231 e. The van der Waals surface area contributed by atoms with Crippen molar-refractivity contribution in [2.45, 2.75) is 26.3 Å². The van der Waals surface area contributed by atoms with Crippen LogP contribution < -0.4 is 10.2 Å². The highest BCUT2D eigenvalue weighted by molar-refractivity contribution is 5.79. The van der Waals surface area contributed by atoms with Gasteiger partial charge in [0.25, 0.3) is 0 Å².